The predicted molar refractivity (Wildman–Crippen MR) is 72.7 cm³/mol. The van der Waals surface area contributed by atoms with Crippen LogP contribution >= 0.6 is 11.8 Å². The van der Waals surface area contributed by atoms with Crippen LogP contribution in [0.2, 0.25) is 0 Å². The van der Waals surface area contributed by atoms with Crippen LogP contribution in [0.3, 0.4) is 0 Å². The first-order valence-electron chi connectivity index (χ1n) is 5.52. The SMILES string of the molecule is Cc1cc(=O)[nH]c(Sc2c(C(=N)N)c(C)nn2C)n1. The van der Waals surface area contributed by atoms with Crippen molar-refractivity contribution >= 4 is 17.6 Å². The lowest BCUT2D eigenvalue weighted by Crippen LogP contribution is -2.13. The molecule has 0 aliphatic heterocycles. The Hall–Kier alpha value is -2.09. The summed E-state index contributed by atoms with van der Waals surface area (Å²) in [6, 6.07) is 1.42. The highest BCUT2D eigenvalue weighted by molar-refractivity contribution is 7.99. The van der Waals surface area contributed by atoms with Gasteiger partial charge in [0, 0.05) is 18.8 Å². The third kappa shape index (κ3) is 2.68. The number of nitrogens with two attached hydrogens (primary N) is 1. The minimum absolute atomic E-state index is 0.0527. The number of aryl methyl sites for hydroxylation is 3. The Morgan fingerprint density at radius 2 is 2.21 bits per heavy atom. The summed E-state index contributed by atoms with van der Waals surface area (Å²) in [6.45, 7) is 3.53. The summed E-state index contributed by atoms with van der Waals surface area (Å²) in [5.74, 6) is -0.0527. The summed E-state index contributed by atoms with van der Waals surface area (Å²) in [6.07, 6.45) is 0. The second kappa shape index (κ2) is 4.88. The fraction of sp³-hybridized carbons (Fsp3) is 0.273. The van der Waals surface area contributed by atoms with E-state index in [-0.39, 0.29) is 11.4 Å². The standard InChI is InChI=1S/C11H14N6OS/c1-5-4-7(18)15-11(14-5)19-10-8(9(12)13)6(2)16-17(10)3/h4H,1-3H3,(H3,12,13)(H,14,15,18). The normalized spacial score (nSPS) is 10.7. The molecule has 100 valence electrons. The Kier molecular flexibility index (Phi) is 3.43. The van der Waals surface area contributed by atoms with Gasteiger partial charge in [-0.2, -0.15) is 5.10 Å². The molecule has 0 aliphatic rings. The third-order valence-electron chi connectivity index (χ3n) is 2.48. The highest BCUT2D eigenvalue weighted by Crippen LogP contribution is 2.28. The van der Waals surface area contributed by atoms with Crippen LogP contribution < -0.4 is 11.3 Å². The second-order valence-corrected chi connectivity index (χ2v) is 5.07. The number of hydrogen-bond acceptors (Lipinski definition) is 5. The van der Waals surface area contributed by atoms with E-state index in [0.29, 0.717) is 27.1 Å². The average Bonchev–Trinajstić information content (AvgIpc) is 2.52. The fourth-order valence-electron chi connectivity index (χ4n) is 1.76. The van der Waals surface area contributed by atoms with Gasteiger partial charge < -0.3 is 10.7 Å². The van der Waals surface area contributed by atoms with Crippen LogP contribution in [-0.4, -0.2) is 25.6 Å². The van der Waals surface area contributed by atoms with E-state index in [1.165, 1.54) is 17.8 Å². The van der Waals surface area contributed by atoms with Gasteiger partial charge in [-0.3, -0.25) is 14.9 Å². The summed E-state index contributed by atoms with van der Waals surface area (Å²) in [4.78, 5) is 18.3. The van der Waals surface area contributed by atoms with Crippen LogP contribution in [0.5, 0.6) is 0 Å². The van der Waals surface area contributed by atoms with E-state index in [0.717, 1.165) is 0 Å². The molecule has 0 saturated carbocycles. The minimum Gasteiger partial charge on any atom is -0.384 e. The molecule has 0 aromatic carbocycles. The van der Waals surface area contributed by atoms with Gasteiger partial charge >= 0.3 is 0 Å². The average molecular weight is 278 g/mol. The zero-order valence-corrected chi connectivity index (χ0v) is 11.6. The Labute approximate surface area is 113 Å². The molecule has 0 fully saturated rings. The smallest absolute Gasteiger partial charge is 0.251 e. The van der Waals surface area contributed by atoms with Gasteiger partial charge in [0.1, 0.15) is 10.9 Å². The van der Waals surface area contributed by atoms with Crippen LogP contribution in [0.4, 0.5) is 0 Å². The summed E-state index contributed by atoms with van der Waals surface area (Å²) in [7, 11) is 1.76. The van der Waals surface area contributed by atoms with Crippen molar-refractivity contribution in [3.8, 4) is 0 Å². The maximum Gasteiger partial charge on any atom is 0.251 e. The highest BCUT2D eigenvalue weighted by atomic mass is 32.2. The number of aromatic nitrogens is 4. The molecule has 0 unspecified atom stereocenters. The van der Waals surface area contributed by atoms with Crippen molar-refractivity contribution < 1.29 is 0 Å². The fourth-order valence-corrected chi connectivity index (χ4v) is 2.81. The number of aromatic amines is 1. The maximum absolute atomic E-state index is 11.4. The van der Waals surface area contributed by atoms with E-state index >= 15 is 0 Å². The lowest BCUT2D eigenvalue weighted by atomic mass is 10.2. The number of nitrogen functional groups attached to an aromatic ring is 1. The van der Waals surface area contributed by atoms with Gasteiger partial charge in [0.2, 0.25) is 0 Å². The van der Waals surface area contributed by atoms with Crippen LogP contribution in [0, 0.1) is 19.3 Å². The Balaban J connectivity index is 2.49. The predicted octanol–water partition coefficient (Wildman–Crippen LogP) is 0.556. The van der Waals surface area contributed by atoms with Gasteiger partial charge in [-0.15, -0.1) is 0 Å². The van der Waals surface area contributed by atoms with E-state index < -0.39 is 0 Å². The van der Waals surface area contributed by atoms with Gasteiger partial charge in [-0.1, -0.05) is 0 Å². The molecule has 2 aromatic heterocycles. The van der Waals surface area contributed by atoms with Gasteiger partial charge in [-0.25, -0.2) is 4.98 Å². The van der Waals surface area contributed by atoms with E-state index in [4.69, 9.17) is 11.1 Å². The number of H-pyrrole nitrogens is 1. The Bertz CT molecular complexity index is 702. The van der Waals surface area contributed by atoms with Crippen molar-refractivity contribution in [3.63, 3.8) is 0 Å². The zero-order valence-electron chi connectivity index (χ0n) is 10.8. The van der Waals surface area contributed by atoms with Crippen LogP contribution in [0.15, 0.2) is 21.0 Å². The Morgan fingerprint density at radius 1 is 1.53 bits per heavy atom. The third-order valence-corrected chi connectivity index (χ3v) is 3.53. The lowest BCUT2D eigenvalue weighted by molar-refractivity contribution is 0.690. The summed E-state index contributed by atoms with van der Waals surface area (Å²) < 4.78 is 1.62. The molecule has 4 N–H and O–H groups in total. The summed E-state index contributed by atoms with van der Waals surface area (Å²) >= 11 is 1.23. The zero-order chi connectivity index (χ0) is 14.2. The van der Waals surface area contributed by atoms with Crippen molar-refractivity contribution in [1.29, 1.82) is 5.41 Å². The summed E-state index contributed by atoms with van der Waals surface area (Å²) in [5, 5.41) is 13.0. The molecule has 0 spiro atoms. The van der Waals surface area contributed by atoms with E-state index in [1.807, 2.05) is 0 Å². The van der Waals surface area contributed by atoms with Gasteiger partial charge in [0.25, 0.3) is 5.56 Å². The quantitative estimate of drug-likeness (QED) is 0.431. The van der Waals surface area contributed by atoms with Gasteiger partial charge in [0.05, 0.1) is 11.3 Å². The van der Waals surface area contributed by atoms with Gasteiger partial charge in [-0.05, 0) is 25.6 Å². The molecular formula is C11H14N6OS. The first-order valence-corrected chi connectivity index (χ1v) is 6.34. The first-order chi connectivity index (χ1) is 8.88. The molecule has 0 aliphatic carbocycles. The molecule has 0 atom stereocenters. The molecule has 2 heterocycles. The molecule has 2 rings (SSSR count). The van der Waals surface area contributed by atoms with Crippen LogP contribution in [-0.2, 0) is 7.05 Å². The molecule has 0 radical (unpaired) electrons. The van der Waals surface area contributed by atoms with Gasteiger partial charge in [0.15, 0.2) is 5.16 Å². The van der Waals surface area contributed by atoms with Crippen molar-refractivity contribution in [3.05, 3.63) is 33.4 Å². The number of rotatable bonds is 3. The van der Waals surface area contributed by atoms with Crippen molar-refractivity contribution in [1.82, 2.24) is 19.7 Å². The first kappa shape index (κ1) is 13.3. The highest BCUT2D eigenvalue weighted by Gasteiger charge is 2.17. The van der Waals surface area contributed by atoms with Crippen LogP contribution in [0.25, 0.3) is 0 Å². The van der Waals surface area contributed by atoms with Crippen molar-refractivity contribution in [2.24, 2.45) is 12.8 Å². The molecule has 19 heavy (non-hydrogen) atoms. The van der Waals surface area contributed by atoms with E-state index in [2.05, 4.69) is 15.1 Å². The molecule has 0 saturated heterocycles. The van der Waals surface area contributed by atoms with Crippen molar-refractivity contribution in [2.75, 3.05) is 0 Å². The maximum atomic E-state index is 11.4. The molecule has 0 bridgehead atoms. The summed E-state index contributed by atoms with van der Waals surface area (Å²) in [5.41, 5.74) is 7.23. The molecule has 0 amide bonds. The minimum atomic E-state index is -0.210. The molecule has 7 nitrogen and oxygen atoms in total. The van der Waals surface area contributed by atoms with Crippen molar-refractivity contribution in [2.45, 2.75) is 24.0 Å². The number of nitrogens with zero attached hydrogens (tertiary/aromatic N) is 3. The second-order valence-electron chi connectivity index (χ2n) is 4.10. The topological polar surface area (TPSA) is 113 Å². The van der Waals surface area contributed by atoms with E-state index in [1.54, 1.807) is 25.6 Å². The van der Waals surface area contributed by atoms with E-state index in [9.17, 15) is 4.79 Å². The Morgan fingerprint density at radius 3 is 2.79 bits per heavy atom. The van der Waals surface area contributed by atoms with Crippen LogP contribution in [0.1, 0.15) is 17.0 Å². The largest absolute Gasteiger partial charge is 0.384 e. The molecule has 2 aromatic rings. The number of amidine groups is 1. The molecular weight excluding hydrogens is 264 g/mol. The lowest BCUT2D eigenvalue weighted by Gasteiger charge is -2.04. The number of hydrogen-bond donors (Lipinski definition) is 3. The molecule has 8 heteroatoms. The monoisotopic (exact) mass is 278 g/mol. The number of nitrogens with one attached hydrogen (secondary N) is 2.